The molecule has 0 aromatic carbocycles. The standard InChI is InChI=1S/C3H4Cl2F3PS/c4-9(5,10)2-1-3(6,7)8/h1-2H2. The third kappa shape index (κ3) is 9.02. The summed E-state index contributed by atoms with van der Waals surface area (Å²) < 4.78 is 31.6. The van der Waals surface area contributed by atoms with E-state index >= 15 is 0 Å². The maximum atomic E-state index is 11.4. The third-order valence-electron chi connectivity index (χ3n) is 0.656. The molecule has 0 bridgehead atoms. The third-order valence-corrected chi connectivity index (χ3v) is 2.96. The lowest BCUT2D eigenvalue weighted by Gasteiger charge is -2.07. The highest BCUT2D eigenvalue weighted by Gasteiger charge is 2.29. The van der Waals surface area contributed by atoms with Crippen molar-refractivity contribution >= 4 is 39.0 Å². The molecular weight excluding hydrogens is 227 g/mol. The summed E-state index contributed by atoms with van der Waals surface area (Å²) in [6.07, 6.45) is -5.53. The first-order valence-electron chi connectivity index (χ1n) is 2.26. The van der Waals surface area contributed by atoms with E-state index < -0.39 is 17.3 Å². The number of hydrogen-bond donors (Lipinski definition) is 0. The lowest BCUT2D eigenvalue weighted by atomic mass is 10.5. The second-order valence-corrected chi connectivity index (χ2v) is 10.3. The summed E-state index contributed by atoms with van der Waals surface area (Å²) in [4.78, 5) is 0. The molecule has 0 aromatic heterocycles. The minimum absolute atomic E-state index is 0.338. The van der Waals surface area contributed by atoms with Crippen LogP contribution in [0, 0.1) is 0 Å². The van der Waals surface area contributed by atoms with E-state index in [4.69, 9.17) is 22.5 Å². The van der Waals surface area contributed by atoms with E-state index in [0.717, 1.165) is 0 Å². The molecular formula is C3H4Cl2F3PS. The van der Waals surface area contributed by atoms with Gasteiger partial charge in [0.05, 0.1) is 6.42 Å². The molecule has 0 fully saturated rings. The van der Waals surface area contributed by atoms with Crippen LogP contribution in [-0.2, 0) is 11.8 Å². The Morgan fingerprint density at radius 1 is 1.30 bits per heavy atom. The zero-order valence-corrected chi connectivity index (χ0v) is 7.88. The van der Waals surface area contributed by atoms with Crippen molar-refractivity contribution in [2.75, 3.05) is 6.16 Å². The van der Waals surface area contributed by atoms with Gasteiger partial charge in [0.25, 0.3) is 0 Å². The van der Waals surface area contributed by atoms with Crippen LogP contribution in [0.15, 0.2) is 0 Å². The van der Waals surface area contributed by atoms with Gasteiger partial charge in [-0.05, 0) is 0 Å². The average Bonchev–Trinajstić information content (AvgIpc) is 1.57. The van der Waals surface area contributed by atoms with Crippen molar-refractivity contribution in [2.24, 2.45) is 0 Å². The normalized spacial score (nSPS) is 13.7. The maximum Gasteiger partial charge on any atom is 0.389 e. The van der Waals surface area contributed by atoms with E-state index in [1.54, 1.807) is 0 Å². The van der Waals surface area contributed by atoms with Gasteiger partial charge in [0, 0.05) is 6.16 Å². The molecule has 0 atom stereocenters. The monoisotopic (exact) mass is 230 g/mol. The number of hydrogen-bond acceptors (Lipinski definition) is 1. The van der Waals surface area contributed by atoms with Gasteiger partial charge in [-0.3, -0.25) is 0 Å². The quantitative estimate of drug-likeness (QED) is 0.652. The molecule has 0 spiro atoms. The number of halogens is 5. The van der Waals surface area contributed by atoms with Crippen molar-refractivity contribution in [3.8, 4) is 0 Å². The van der Waals surface area contributed by atoms with Gasteiger partial charge in [-0.2, -0.15) is 13.2 Å². The second-order valence-electron chi connectivity index (χ2n) is 1.66. The minimum Gasteiger partial charge on any atom is -0.171 e. The van der Waals surface area contributed by atoms with Crippen LogP contribution in [0.1, 0.15) is 6.42 Å². The van der Waals surface area contributed by atoms with Crippen molar-refractivity contribution in [3.05, 3.63) is 0 Å². The first kappa shape index (κ1) is 11.0. The van der Waals surface area contributed by atoms with E-state index in [1.807, 2.05) is 0 Å². The van der Waals surface area contributed by atoms with Gasteiger partial charge in [0.1, 0.15) is 4.74 Å². The Morgan fingerprint density at radius 3 is 1.80 bits per heavy atom. The van der Waals surface area contributed by atoms with E-state index in [1.165, 1.54) is 0 Å². The summed E-state index contributed by atoms with van der Waals surface area (Å²) in [7, 11) is 0. The first-order valence-corrected chi connectivity index (χ1v) is 7.05. The molecule has 0 amide bonds. The molecule has 0 saturated heterocycles. The highest BCUT2D eigenvalue weighted by molar-refractivity contribution is 8.39. The predicted molar refractivity (Wildman–Crippen MR) is 41.5 cm³/mol. The van der Waals surface area contributed by atoms with E-state index in [9.17, 15) is 13.2 Å². The molecule has 62 valence electrons. The van der Waals surface area contributed by atoms with E-state index in [-0.39, 0.29) is 6.16 Å². The molecule has 0 nitrogen and oxygen atoms in total. The van der Waals surface area contributed by atoms with Crippen LogP contribution in [0.3, 0.4) is 0 Å². The molecule has 0 heterocycles. The molecule has 0 saturated carbocycles. The lowest BCUT2D eigenvalue weighted by molar-refractivity contribution is -0.129. The van der Waals surface area contributed by atoms with Gasteiger partial charge in [-0.25, -0.2) is 0 Å². The number of rotatable bonds is 2. The van der Waals surface area contributed by atoms with Crippen LogP contribution in [-0.4, -0.2) is 12.3 Å². The molecule has 0 aliphatic heterocycles. The predicted octanol–water partition coefficient (Wildman–Crippen LogP) is 3.73. The Kier molecular flexibility index (Phi) is 3.98. The van der Waals surface area contributed by atoms with Crippen molar-refractivity contribution in [2.45, 2.75) is 12.6 Å². The van der Waals surface area contributed by atoms with Crippen LogP contribution in [0.25, 0.3) is 0 Å². The van der Waals surface area contributed by atoms with Crippen molar-refractivity contribution in [3.63, 3.8) is 0 Å². The zero-order valence-electron chi connectivity index (χ0n) is 4.66. The SMILES string of the molecule is FC(F)(F)CCP(=S)(Cl)Cl. The van der Waals surface area contributed by atoms with E-state index in [2.05, 4.69) is 11.8 Å². The van der Waals surface area contributed by atoms with Gasteiger partial charge in [0.2, 0.25) is 0 Å². The summed E-state index contributed by atoms with van der Waals surface area (Å²) in [5.74, 6) is 0. The Bertz CT molecular complexity index is 150. The molecule has 0 unspecified atom stereocenters. The fraction of sp³-hybridized carbons (Fsp3) is 1.00. The maximum absolute atomic E-state index is 11.4. The molecule has 0 aromatic rings. The Labute approximate surface area is 71.3 Å². The smallest absolute Gasteiger partial charge is 0.171 e. The summed E-state index contributed by atoms with van der Waals surface area (Å²) >= 11 is 14.9. The van der Waals surface area contributed by atoms with Gasteiger partial charge in [0.15, 0.2) is 0 Å². The largest absolute Gasteiger partial charge is 0.389 e. The highest BCUT2D eigenvalue weighted by atomic mass is 35.9. The minimum atomic E-state index is -4.20. The van der Waals surface area contributed by atoms with Crippen LogP contribution >= 0.6 is 27.2 Å². The fourth-order valence-corrected chi connectivity index (χ4v) is 1.55. The first-order chi connectivity index (χ1) is 4.21. The zero-order chi connectivity index (χ0) is 8.41. The second kappa shape index (κ2) is 3.61. The van der Waals surface area contributed by atoms with Crippen LogP contribution in [0.5, 0.6) is 0 Å². The number of alkyl halides is 3. The lowest BCUT2D eigenvalue weighted by Crippen LogP contribution is -2.08. The molecule has 0 rings (SSSR count). The van der Waals surface area contributed by atoms with Crippen molar-refractivity contribution in [1.29, 1.82) is 0 Å². The van der Waals surface area contributed by atoms with Gasteiger partial charge in [-0.15, -0.1) is 0 Å². The van der Waals surface area contributed by atoms with Gasteiger partial charge < -0.3 is 0 Å². The van der Waals surface area contributed by atoms with Crippen molar-refractivity contribution < 1.29 is 13.2 Å². The van der Waals surface area contributed by atoms with Crippen LogP contribution < -0.4 is 0 Å². The van der Waals surface area contributed by atoms with Gasteiger partial charge in [-0.1, -0.05) is 34.3 Å². The Morgan fingerprint density at radius 2 is 1.70 bits per heavy atom. The van der Waals surface area contributed by atoms with Crippen LogP contribution in [0.4, 0.5) is 13.2 Å². The molecule has 0 aliphatic carbocycles. The van der Waals surface area contributed by atoms with E-state index in [0.29, 0.717) is 0 Å². The summed E-state index contributed by atoms with van der Waals surface area (Å²) in [5.41, 5.74) is 0. The highest BCUT2D eigenvalue weighted by Crippen LogP contribution is 2.58. The van der Waals surface area contributed by atoms with Crippen LogP contribution in [0.2, 0.25) is 0 Å². The fourth-order valence-electron chi connectivity index (χ4n) is 0.257. The Balaban J connectivity index is 3.67. The summed E-state index contributed by atoms with van der Waals surface area (Å²) in [6, 6.07) is 0. The summed E-state index contributed by atoms with van der Waals surface area (Å²) in [5, 5.41) is 0. The summed E-state index contributed by atoms with van der Waals surface area (Å²) in [6.45, 7) is 0. The van der Waals surface area contributed by atoms with Gasteiger partial charge >= 0.3 is 6.18 Å². The Hall–Kier alpha value is 1.02. The average molecular weight is 231 g/mol. The molecule has 10 heavy (non-hydrogen) atoms. The molecule has 0 radical (unpaired) electrons. The topological polar surface area (TPSA) is 0 Å². The molecule has 7 heteroatoms. The molecule has 0 aliphatic rings. The van der Waals surface area contributed by atoms with Crippen molar-refractivity contribution in [1.82, 2.24) is 0 Å². The molecule has 0 N–H and O–H groups in total.